The van der Waals surface area contributed by atoms with Crippen molar-refractivity contribution in [1.29, 1.82) is 0 Å². The summed E-state index contributed by atoms with van der Waals surface area (Å²) >= 11 is 3.12. The van der Waals surface area contributed by atoms with Crippen LogP contribution in [0.25, 0.3) is 0 Å². The molecule has 0 N–H and O–H groups in total. The highest BCUT2D eigenvalue weighted by Crippen LogP contribution is 2.24. The van der Waals surface area contributed by atoms with Crippen LogP contribution in [0.3, 0.4) is 0 Å². The van der Waals surface area contributed by atoms with E-state index in [0.29, 0.717) is 12.4 Å². The fourth-order valence-corrected chi connectivity index (χ4v) is 1.45. The van der Waals surface area contributed by atoms with Crippen molar-refractivity contribution in [2.45, 2.75) is 18.7 Å². The SMILES string of the molecule is CCOc1cccc(F)c1C(=O)C(C)Br. The lowest BCUT2D eigenvalue weighted by atomic mass is 10.1. The van der Waals surface area contributed by atoms with Gasteiger partial charge in [0.15, 0.2) is 5.78 Å². The molecule has 1 unspecified atom stereocenters. The van der Waals surface area contributed by atoms with Crippen molar-refractivity contribution in [1.82, 2.24) is 0 Å². The van der Waals surface area contributed by atoms with Gasteiger partial charge in [-0.1, -0.05) is 22.0 Å². The molecule has 82 valence electrons. The molecule has 0 aliphatic heterocycles. The molecular formula is C11H12BrFO2. The summed E-state index contributed by atoms with van der Waals surface area (Å²) in [5.41, 5.74) is 0.0173. The third kappa shape index (κ3) is 2.78. The van der Waals surface area contributed by atoms with Gasteiger partial charge in [-0.2, -0.15) is 0 Å². The molecule has 0 aliphatic rings. The fourth-order valence-electron chi connectivity index (χ4n) is 1.22. The van der Waals surface area contributed by atoms with Crippen LogP contribution in [0.1, 0.15) is 24.2 Å². The molecule has 1 aromatic carbocycles. The Morgan fingerprint density at radius 3 is 2.80 bits per heavy atom. The minimum absolute atomic E-state index is 0.0173. The summed E-state index contributed by atoms with van der Waals surface area (Å²) in [5, 5.41) is 0. The third-order valence-corrected chi connectivity index (χ3v) is 2.30. The first-order valence-corrected chi connectivity index (χ1v) is 5.59. The molecule has 4 heteroatoms. The predicted molar refractivity (Wildman–Crippen MR) is 60.3 cm³/mol. The van der Waals surface area contributed by atoms with Crippen molar-refractivity contribution in [3.63, 3.8) is 0 Å². The summed E-state index contributed by atoms with van der Waals surface area (Å²) in [4.78, 5) is 11.3. The second-order valence-electron chi connectivity index (χ2n) is 3.03. The summed E-state index contributed by atoms with van der Waals surface area (Å²) in [7, 11) is 0. The van der Waals surface area contributed by atoms with Crippen LogP contribution in [-0.4, -0.2) is 17.2 Å². The molecule has 0 spiro atoms. The highest BCUT2D eigenvalue weighted by atomic mass is 79.9. The molecular weight excluding hydrogens is 263 g/mol. The molecule has 15 heavy (non-hydrogen) atoms. The third-order valence-electron chi connectivity index (χ3n) is 1.88. The number of ketones is 1. The van der Waals surface area contributed by atoms with E-state index in [1.807, 2.05) is 0 Å². The smallest absolute Gasteiger partial charge is 0.182 e. The maximum Gasteiger partial charge on any atom is 0.182 e. The van der Waals surface area contributed by atoms with Crippen molar-refractivity contribution in [3.05, 3.63) is 29.6 Å². The van der Waals surface area contributed by atoms with Gasteiger partial charge in [0.1, 0.15) is 11.6 Å². The summed E-state index contributed by atoms with van der Waals surface area (Å²) in [5.74, 6) is -0.553. The van der Waals surface area contributed by atoms with Crippen LogP contribution in [0, 0.1) is 5.82 Å². The minimum atomic E-state index is -0.544. The fraction of sp³-hybridized carbons (Fsp3) is 0.364. The molecule has 1 atom stereocenters. The zero-order valence-corrected chi connectivity index (χ0v) is 10.2. The average molecular weight is 275 g/mol. The number of alkyl halides is 1. The summed E-state index contributed by atoms with van der Waals surface area (Å²) in [6.07, 6.45) is 0. The van der Waals surface area contributed by atoms with E-state index in [2.05, 4.69) is 15.9 Å². The first-order chi connectivity index (χ1) is 7.07. The standard InChI is InChI=1S/C11H12BrFO2/c1-3-15-9-6-4-5-8(13)10(9)11(14)7(2)12/h4-7H,3H2,1-2H3. The van der Waals surface area contributed by atoms with Gasteiger partial charge in [0.25, 0.3) is 0 Å². The number of rotatable bonds is 4. The Balaban J connectivity index is 3.18. The zero-order chi connectivity index (χ0) is 11.4. The monoisotopic (exact) mass is 274 g/mol. The largest absolute Gasteiger partial charge is 0.493 e. The van der Waals surface area contributed by atoms with Gasteiger partial charge in [-0.3, -0.25) is 4.79 Å². The number of hydrogen-bond acceptors (Lipinski definition) is 2. The molecule has 0 bridgehead atoms. The van der Waals surface area contributed by atoms with Crippen LogP contribution >= 0.6 is 15.9 Å². The van der Waals surface area contributed by atoms with Gasteiger partial charge in [-0.25, -0.2) is 4.39 Å². The van der Waals surface area contributed by atoms with Crippen molar-refractivity contribution in [2.75, 3.05) is 6.61 Å². The number of Topliss-reactive ketones (excluding diaryl/α,β-unsaturated/α-hetero) is 1. The van der Waals surface area contributed by atoms with Crippen LogP contribution in [0.4, 0.5) is 4.39 Å². The minimum Gasteiger partial charge on any atom is -0.493 e. The Hall–Kier alpha value is -0.900. The van der Waals surface area contributed by atoms with Gasteiger partial charge in [-0.05, 0) is 26.0 Å². The number of hydrogen-bond donors (Lipinski definition) is 0. The maximum absolute atomic E-state index is 13.5. The Labute approximate surface area is 96.6 Å². The van der Waals surface area contributed by atoms with Crippen molar-refractivity contribution < 1.29 is 13.9 Å². The van der Waals surface area contributed by atoms with Crippen LogP contribution in [0.5, 0.6) is 5.75 Å². The summed E-state index contributed by atoms with van der Waals surface area (Å²) in [6, 6.07) is 4.37. The molecule has 0 fully saturated rings. The van der Waals surface area contributed by atoms with E-state index in [4.69, 9.17) is 4.74 Å². The second kappa shape index (κ2) is 5.26. The van der Waals surface area contributed by atoms with E-state index in [9.17, 15) is 9.18 Å². The Bertz CT molecular complexity index is 364. The highest BCUT2D eigenvalue weighted by molar-refractivity contribution is 9.10. The lowest BCUT2D eigenvalue weighted by Crippen LogP contribution is -2.14. The van der Waals surface area contributed by atoms with Crippen molar-refractivity contribution in [3.8, 4) is 5.75 Å². The topological polar surface area (TPSA) is 26.3 Å². The van der Waals surface area contributed by atoms with Gasteiger partial charge >= 0.3 is 0 Å². The molecule has 0 amide bonds. The molecule has 0 saturated carbocycles. The summed E-state index contributed by atoms with van der Waals surface area (Å²) in [6.45, 7) is 3.85. The first kappa shape index (κ1) is 12.2. The first-order valence-electron chi connectivity index (χ1n) is 4.67. The van der Waals surface area contributed by atoms with Gasteiger partial charge < -0.3 is 4.74 Å². The molecule has 1 aromatic rings. The van der Waals surface area contributed by atoms with E-state index in [0.717, 1.165) is 0 Å². The quantitative estimate of drug-likeness (QED) is 0.623. The predicted octanol–water partition coefficient (Wildman–Crippen LogP) is 3.19. The summed E-state index contributed by atoms with van der Waals surface area (Å²) < 4.78 is 18.7. The normalized spacial score (nSPS) is 12.3. The second-order valence-corrected chi connectivity index (χ2v) is 4.40. The Morgan fingerprint density at radius 2 is 2.27 bits per heavy atom. The number of benzene rings is 1. The van der Waals surface area contributed by atoms with Gasteiger partial charge in [0.05, 0.1) is 17.0 Å². The lowest BCUT2D eigenvalue weighted by Gasteiger charge is -2.10. The molecule has 0 aliphatic carbocycles. The highest BCUT2D eigenvalue weighted by Gasteiger charge is 2.21. The van der Waals surface area contributed by atoms with Crippen LogP contribution in [0.15, 0.2) is 18.2 Å². The van der Waals surface area contributed by atoms with Gasteiger partial charge in [0, 0.05) is 0 Å². The van der Waals surface area contributed by atoms with E-state index in [1.165, 1.54) is 12.1 Å². The van der Waals surface area contributed by atoms with Crippen molar-refractivity contribution in [2.24, 2.45) is 0 Å². The van der Waals surface area contributed by atoms with Crippen LogP contribution < -0.4 is 4.74 Å². The maximum atomic E-state index is 13.5. The van der Waals surface area contributed by atoms with Gasteiger partial charge in [-0.15, -0.1) is 0 Å². The van der Waals surface area contributed by atoms with E-state index >= 15 is 0 Å². The van der Waals surface area contributed by atoms with Crippen LogP contribution in [0.2, 0.25) is 0 Å². The molecule has 1 rings (SSSR count). The zero-order valence-electron chi connectivity index (χ0n) is 8.59. The number of halogens is 2. The average Bonchev–Trinajstić information content (AvgIpc) is 2.17. The number of ether oxygens (including phenoxy) is 1. The van der Waals surface area contributed by atoms with E-state index < -0.39 is 10.6 Å². The van der Waals surface area contributed by atoms with Gasteiger partial charge in [0.2, 0.25) is 0 Å². The number of carbonyl (C=O) groups is 1. The molecule has 0 heterocycles. The molecule has 0 aromatic heterocycles. The Kier molecular flexibility index (Phi) is 4.27. The van der Waals surface area contributed by atoms with Crippen molar-refractivity contribution >= 4 is 21.7 Å². The van der Waals surface area contributed by atoms with Crippen LogP contribution in [-0.2, 0) is 0 Å². The molecule has 0 saturated heterocycles. The Morgan fingerprint density at radius 1 is 1.60 bits per heavy atom. The van der Waals surface area contributed by atoms with E-state index in [-0.39, 0.29) is 11.3 Å². The molecule has 0 radical (unpaired) electrons. The number of carbonyl (C=O) groups excluding carboxylic acids is 1. The van der Waals surface area contributed by atoms with E-state index in [1.54, 1.807) is 19.9 Å². The molecule has 2 nitrogen and oxygen atoms in total. The lowest BCUT2D eigenvalue weighted by molar-refractivity contribution is 0.0988.